The van der Waals surface area contributed by atoms with E-state index >= 15 is 0 Å². The first-order valence-corrected chi connectivity index (χ1v) is 8.69. The average molecular weight is 359 g/mol. The highest BCUT2D eigenvalue weighted by molar-refractivity contribution is 7.80. The third-order valence-corrected chi connectivity index (χ3v) is 4.29. The summed E-state index contributed by atoms with van der Waals surface area (Å²) < 4.78 is 5.28. The van der Waals surface area contributed by atoms with Gasteiger partial charge in [0.25, 0.3) is 0 Å². The molecule has 0 aliphatic heterocycles. The van der Waals surface area contributed by atoms with Gasteiger partial charge in [0.1, 0.15) is 5.75 Å². The molecule has 0 saturated heterocycles. The topological polar surface area (TPSA) is 40.6 Å². The fraction of sp³-hybridized carbons (Fsp3) is 0.368. The molecule has 0 aliphatic rings. The molecule has 1 atom stereocenters. The van der Waals surface area contributed by atoms with Crippen LogP contribution >= 0.6 is 12.2 Å². The molecule has 2 aromatic rings. The summed E-state index contributed by atoms with van der Waals surface area (Å²) in [4.78, 5) is 8.79. The van der Waals surface area contributed by atoms with Gasteiger partial charge in [-0.1, -0.05) is 12.1 Å². The summed E-state index contributed by atoms with van der Waals surface area (Å²) >= 11 is 5.69. The number of nitrogens with one attached hydrogen (secondary N) is 1. The molecule has 134 valence electrons. The number of ether oxygens (including phenoxy) is 1. The SMILES string of the molecule is COc1cccc(NC(=S)N(CCN(C)C)[C@@H](C)c2ccccn2)c1. The number of anilines is 1. The maximum atomic E-state index is 5.69. The number of benzene rings is 1. The normalized spacial score (nSPS) is 11.9. The number of pyridine rings is 1. The molecule has 25 heavy (non-hydrogen) atoms. The van der Waals surface area contributed by atoms with Crippen molar-refractivity contribution >= 4 is 23.0 Å². The molecule has 0 unspecified atom stereocenters. The number of hydrogen-bond donors (Lipinski definition) is 1. The lowest BCUT2D eigenvalue weighted by atomic mass is 10.2. The summed E-state index contributed by atoms with van der Waals surface area (Å²) in [5, 5.41) is 4.00. The monoisotopic (exact) mass is 358 g/mol. The van der Waals surface area contributed by atoms with Crippen LogP contribution in [0.5, 0.6) is 5.75 Å². The Labute approximate surface area is 155 Å². The summed E-state index contributed by atoms with van der Waals surface area (Å²) in [6, 6.07) is 13.8. The molecule has 0 aliphatic carbocycles. The number of thiocarbonyl (C=S) groups is 1. The molecule has 1 aromatic carbocycles. The lowest BCUT2D eigenvalue weighted by Gasteiger charge is -2.32. The van der Waals surface area contributed by atoms with Crippen molar-refractivity contribution in [2.45, 2.75) is 13.0 Å². The van der Waals surface area contributed by atoms with Crippen LogP contribution in [0.1, 0.15) is 18.7 Å². The smallest absolute Gasteiger partial charge is 0.174 e. The molecule has 0 amide bonds. The fourth-order valence-electron chi connectivity index (χ4n) is 2.46. The Balaban J connectivity index is 2.17. The molecule has 0 radical (unpaired) electrons. The van der Waals surface area contributed by atoms with E-state index in [0.717, 1.165) is 30.2 Å². The Morgan fingerprint density at radius 1 is 1.20 bits per heavy atom. The first kappa shape index (κ1) is 19.1. The second-order valence-electron chi connectivity index (χ2n) is 6.09. The van der Waals surface area contributed by atoms with Crippen LogP contribution in [0.4, 0.5) is 5.69 Å². The van der Waals surface area contributed by atoms with Crippen molar-refractivity contribution in [1.29, 1.82) is 0 Å². The van der Waals surface area contributed by atoms with Crippen LogP contribution in [-0.4, -0.2) is 54.2 Å². The average Bonchev–Trinajstić information content (AvgIpc) is 2.62. The van der Waals surface area contributed by atoms with E-state index in [1.807, 2.05) is 48.7 Å². The molecule has 0 spiro atoms. The van der Waals surface area contributed by atoms with E-state index in [9.17, 15) is 0 Å². The number of methoxy groups -OCH3 is 1. The molecule has 6 heteroatoms. The summed E-state index contributed by atoms with van der Waals surface area (Å²) in [7, 11) is 5.77. The van der Waals surface area contributed by atoms with Gasteiger partial charge in [0.05, 0.1) is 18.8 Å². The second kappa shape index (κ2) is 9.34. The van der Waals surface area contributed by atoms with Crippen LogP contribution in [-0.2, 0) is 0 Å². The zero-order valence-electron chi connectivity index (χ0n) is 15.3. The van der Waals surface area contributed by atoms with Gasteiger partial charge in [-0.25, -0.2) is 0 Å². The minimum absolute atomic E-state index is 0.0757. The largest absolute Gasteiger partial charge is 0.497 e. The van der Waals surface area contributed by atoms with Crippen LogP contribution in [0.3, 0.4) is 0 Å². The van der Waals surface area contributed by atoms with Gasteiger partial charge in [0.2, 0.25) is 0 Å². The lowest BCUT2D eigenvalue weighted by molar-refractivity contribution is 0.286. The number of rotatable bonds is 7. The van der Waals surface area contributed by atoms with Gasteiger partial charge in [-0.15, -0.1) is 0 Å². The standard InChI is InChI=1S/C19H26N4OS/c1-15(18-10-5-6-11-20-18)23(13-12-22(2)3)19(25)21-16-8-7-9-17(14-16)24-4/h5-11,14-15H,12-13H2,1-4H3,(H,21,25)/t15-/m0/s1. The molecule has 1 N–H and O–H groups in total. The first-order chi connectivity index (χ1) is 12.0. The van der Waals surface area contributed by atoms with E-state index < -0.39 is 0 Å². The van der Waals surface area contributed by atoms with Gasteiger partial charge >= 0.3 is 0 Å². The van der Waals surface area contributed by atoms with Gasteiger partial charge in [0, 0.05) is 31.0 Å². The Kier molecular flexibility index (Phi) is 7.16. The van der Waals surface area contributed by atoms with Crippen molar-refractivity contribution in [3.63, 3.8) is 0 Å². The highest BCUT2D eigenvalue weighted by Crippen LogP contribution is 2.21. The molecular formula is C19H26N4OS. The molecule has 0 saturated carbocycles. The summed E-state index contributed by atoms with van der Waals surface area (Å²) in [6.07, 6.45) is 1.81. The number of nitrogens with zero attached hydrogens (tertiary/aromatic N) is 3. The van der Waals surface area contributed by atoms with Gasteiger partial charge in [0.15, 0.2) is 5.11 Å². The van der Waals surface area contributed by atoms with Crippen molar-refractivity contribution in [1.82, 2.24) is 14.8 Å². The highest BCUT2D eigenvalue weighted by Gasteiger charge is 2.20. The van der Waals surface area contributed by atoms with Crippen LogP contribution < -0.4 is 10.1 Å². The minimum Gasteiger partial charge on any atom is -0.497 e. The van der Waals surface area contributed by atoms with Gasteiger partial charge in [-0.05, 0) is 57.5 Å². The van der Waals surface area contributed by atoms with Gasteiger partial charge in [-0.3, -0.25) is 4.98 Å². The van der Waals surface area contributed by atoms with Gasteiger partial charge in [-0.2, -0.15) is 0 Å². The van der Waals surface area contributed by atoms with E-state index in [1.165, 1.54) is 0 Å². The Morgan fingerprint density at radius 3 is 2.64 bits per heavy atom. The van der Waals surface area contributed by atoms with E-state index in [-0.39, 0.29) is 6.04 Å². The van der Waals surface area contributed by atoms with Crippen molar-refractivity contribution in [2.75, 3.05) is 39.6 Å². The molecular weight excluding hydrogens is 332 g/mol. The maximum absolute atomic E-state index is 5.69. The van der Waals surface area contributed by atoms with Crippen molar-refractivity contribution in [2.24, 2.45) is 0 Å². The first-order valence-electron chi connectivity index (χ1n) is 8.28. The van der Waals surface area contributed by atoms with Crippen molar-refractivity contribution in [3.8, 4) is 5.75 Å². The van der Waals surface area contributed by atoms with E-state index in [0.29, 0.717) is 5.11 Å². The Bertz CT molecular complexity index is 678. The molecule has 1 heterocycles. The number of hydrogen-bond acceptors (Lipinski definition) is 4. The van der Waals surface area contributed by atoms with E-state index in [4.69, 9.17) is 17.0 Å². The Hall–Kier alpha value is -2.18. The van der Waals surface area contributed by atoms with Crippen LogP contribution in [0, 0.1) is 0 Å². The summed E-state index contributed by atoms with van der Waals surface area (Å²) in [5.41, 5.74) is 1.91. The lowest BCUT2D eigenvalue weighted by Crippen LogP contribution is -2.41. The molecule has 1 aromatic heterocycles. The van der Waals surface area contributed by atoms with Crippen molar-refractivity contribution < 1.29 is 4.74 Å². The summed E-state index contributed by atoms with van der Waals surface area (Å²) in [6.45, 7) is 3.83. The third-order valence-electron chi connectivity index (χ3n) is 3.95. The molecule has 0 bridgehead atoms. The fourth-order valence-corrected chi connectivity index (χ4v) is 2.82. The van der Waals surface area contributed by atoms with Gasteiger partial charge < -0.3 is 19.9 Å². The number of likely N-dealkylation sites (N-methyl/N-ethyl adjacent to an activating group) is 1. The van der Waals surface area contributed by atoms with Crippen LogP contribution in [0.15, 0.2) is 48.7 Å². The van der Waals surface area contributed by atoms with E-state index in [1.54, 1.807) is 7.11 Å². The van der Waals surface area contributed by atoms with Crippen LogP contribution in [0.2, 0.25) is 0 Å². The third kappa shape index (κ3) is 5.69. The zero-order valence-corrected chi connectivity index (χ0v) is 16.1. The van der Waals surface area contributed by atoms with Crippen molar-refractivity contribution in [3.05, 3.63) is 54.4 Å². The zero-order chi connectivity index (χ0) is 18.2. The minimum atomic E-state index is 0.0757. The van der Waals surface area contributed by atoms with Crippen LogP contribution in [0.25, 0.3) is 0 Å². The quantitative estimate of drug-likeness (QED) is 0.765. The van der Waals surface area contributed by atoms with E-state index in [2.05, 4.69) is 41.1 Å². The second-order valence-corrected chi connectivity index (χ2v) is 6.48. The maximum Gasteiger partial charge on any atom is 0.174 e. The predicted molar refractivity (Wildman–Crippen MR) is 107 cm³/mol. The molecule has 0 fully saturated rings. The number of aromatic nitrogens is 1. The predicted octanol–water partition coefficient (Wildman–Crippen LogP) is 3.41. The molecule has 2 rings (SSSR count). The summed E-state index contributed by atoms with van der Waals surface area (Å²) in [5.74, 6) is 0.797. The Morgan fingerprint density at radius 2 is 2.00 bits per heavy atom. The highest BCUT2D eigenvalue weighted by atomic mass is 32.1. The molecule has 5 nitrogen and oxygen atoms in total.